The van der Waals surface area contributed by atoms with E-state index in [0.29, 0.717) is 12.2 Å². The fourth-order valence-corrected chi connectivity index (χ4v) is 2.26. The van der Waals surface area contributed by atoms with Crippen molar-refractivity contribution in [3.8, 4) is 0 Å². The van der Waals surface area contributed by atoms with Gasteiger partial charge in [0.15, 0.2) is 0 Å². The largest absolute Gasteiger partial charge is 0.370 e. The van der Waals surface area contributed by atoms with Gasteiger partial charge >= 0.3 is 0 Å². The zero-order valence-electron chi connectivity index (χ0n) is 13.7. The van der Waals surface area contributed by atoms with Crippen molar-refractivity contribution in [1.82, 2.24) is 20.3 Å². The maximum absolute atomic E-state index is 11.8. The second-order valence-corrected chi connectivity index (χ2v) is 5.40. The Bertz CT molecular complexity index is 864. The second-order valence-electron chi connectivity index (χ2n) is 5.40. The molecule has 0 atom stereocenters. The first-order chi connectivity index (χ1) is 12.3. The molecule has 2 aromatic heterocycles. The van der Waals surface area contributed by atoms with Crippen molar-refractivity contribution in [3.05, 3.63) is 66.6 Å². The molecule has 0 bridgehead atoms. The smallest absolute Gasteiger partial charge is 0.244 e. The van der Waals surface area contributed by atoms with Gasteiger partial charge in [-0.2, -0.15) is 0 Å². The van der Waals surface area contributed by atoms with Gasteiger partial charge in [-0.05, 0) is 36.8 Å². The summed E-state index contributed by atoms with van der Waals surface area (Å²) in [7, 11) is 0. The Kier molecular flexibility index (Phi) is 5.66. The molecule has 1 aromatic carbocycles. The number of amides is 1. The van der Waals surface area contributed by atoms with Crippen LogP contribution in [-0.2, 0) is 4.79 Å². The molecule has 0 spiro atoms. The SMILES string of the molecule is O=C(/C=C/c1cnc2ccccc2n1)NCCCNc1ccccn1. The summed E-state index contributed by atoms with van der Waals surface area (Å²) in [6, 6.07) is 13.3. The number of pyridine rings is 1. The average molecular weight is 333 g/mol. The van der Waals surface area contributed by atoms with E-state index < -0.39 is 0 Å². The summed E-state index contributed by atoms with van der Waals surface area (Å²) in [4.78, 5) is 24.8. The molecular formula is C19H19N5O. The molecule has 0 unspecified atom stereocenters. The fraction of sp³-hybridized carbons (Fsp3) is 0.158. The molecule has 6 nitrogen and oxygen atoms in total. The van der Waals surface area contributed by atoms with Gasteiger partial charge in [0.25, 0.3) is 0 Å². The standard InChI is InChI=1S/C19H19N5O/c25-19(22-13-5-12-21-18-8-3-4-11-20-18)10-9-15-14-23-16-6-1-2-7-17(16)24-15/h1-4,6-11,14H,5,12-13H2,(H,20,21)(H,22,25)/b10-9+. The number of carbonyl (C=O) groups excluding carboxylic acids is 1. The highest BCUT2D eigenvalue weighted by Gasteiger charge is 1.98. The molecule has 3 rings (SSSR count). The second kappa shape index (κ2) is 8.54. The monoisotopic (exact) mass is 333 g/mol. The molecule has 2 heterocycles. The zero-order chi connectivity index (χ0) is 17.3. The van der Waals surface area contributed by atoms with Crippen LogP contribution in [0.25, 0.3) is 17.1 Å². The van der Waals surface area contributed by atoms with Gasteiger partial charge in [0.1, 0.15) is 5.82 Å². The van der Waals surface area contributed by atoms with Crippen LogP contribution in [0.3, 0.4) is 0 Å². The lowest BCUT2D eigenvalue weighted by Crippen LogP contribution is -2.23. The minimum absolute atomic E-state index is 0.146. The van der Waals surface area contributed by atoms with Crippen LogP contribution in [0.15, 0.2) is 60.9 Å². The molecule has 0 saturated carbocycles. The van der Waals surface area contributed by atoms with Gasteiger partial charge in [-0.25, -0.2) is 9.97 Å². The predicted molar refractivity (Wildman–Crippen MR) is 98.9 cm³/mol. The van der Waals surface area contributed by atoms with Crippen LogP contribution in [0.2, 0.25) is 0 Å². The Hall–Kier alpha value is -3.28. The Morgan fingerprint density at radius 1 is 1.00 bits per heavy atom. The summed E-state index contributed by atoms with van der Waals surface area (Å²) >= 11 is 0. The van der Waals surface area contributed by atoms with E-state index in [-0.39, 0.29) is 5.91 Å². The fourth-order valence-electron chi connectivity index (χ4n) is 2.26. The topological polar surface area (TPSA) is 79.8 Å². The molecule has 0 saturated heterocycles. The summed E-state index contributed by atoms with van der Waals surface area (Å²) in [5.74, 6) is 0.691. The van der Waals surface area contributed by atoms with E-state index in [1.807, 2.05) is 42.5 Å². The normalized spacial score (nSPS) is 10.9. The number of nitrogens with one attached hydrogen (secondary N) is 2. The van der Waals surface area contributed by atoms with Crippen LogP contribution in [0.5, 0.6) is 0 Å². The molecule has 0 aliphatic heterocycles. The Labute approximate surface area is 146 Å². The summed E-state index contributed by atoms with van der Waals surface area (Å²) < 4.78 is 0. The van der Waals surface area contributed by atoms with Crippen molar-refractivity contribution in [2.45, 2.75) is 6.42 Å². The molecule has 0 radical (unpaired) electrons. The first kappa shape index (κ1) is 16.6. The molecule has 1 amide bonds. The van der Waals surface area contributed by atoms with Crippen molar-refractivity contribution in [2.24, 2.45) is 0 Å². The molecule has 0 fully saturated rings. The lowest BCUT2D eigenvalue weighted by atomic mass is 10.3. The number of anilines is 1. The van der Waals surface area contributed by atoms with Crippen LogP contribution < -0.4 is 10.6 Å². The number of rotatable bonds is 7. The summed E-state index contributed by atoms with van der Waals surface area (Å²) in [5, 5.41) is 6.04. The first-order valence-corrected chi connectivity index (χ1v) is 8.14. The predicted octanol–water partition coefficient (Wildman–Crippen LogP) is 2.66. The van der Waals surface area contributed by atoms with E-state index in [4.69, 9.17) is 0 Å². The summed E-state index contributed by atoms with van der Waals surface area (Å²) in [5.41, 5.74) is 2.31. The molecule has 0 aliphatic rings. The number of carbonyl (C=O) groups is 1. The van der Waals surface area contributed by atoms with Crippen molar-refractivity contribution >= 4 is 28.8 Å². The van der Waals surface area contributed by atoms with E-state index in [1.165, 1.54) is 6.08 Å². The molecule has 0 aliphatic carbocycles. The number of fused-ring (bicyclic) bond motifs is 1. The van der Waals surface area contributed by atoms with Gasteiger partial charge in [0, 0.05) is 25.4 Å². The number of nitrogens with zero attached hydrogens (tertiary/aromatic N) is 3. The van der Waals surface area contributed by atoms with Gasteiger partial charge in [0.2, 0.25) is 5.91 Å². The Morgan fingerprint density at radius 2 is 1.84 bits per heavy atom. The highest BCUT2D eigenvalue weighted by molar-refractivity contribution is 5.91. The lowest BCUT2D eigenvalue weighted by Gasteiger charge is -2.05. The minimum atomic E-state index is -0.146. The quantitative estimate of drug-likeness (QED) is 0.513. The van der Waals surface area contributed by atoms with Crippen LogP contribution in [-0.4, -0.2) is 33.9 Å². The maximum atomic E-state index is 11.8. The molecular weight excluding hydrogens is 314 g/mol. The number of aromatic nitrogens is 3. The molecule has 2 N–H and O–H groups in total. The highest BCUT2D eigenvalue weighted by Crippen LogP contribution is 2.09. The van der Waals surface area contributed by atoms with E-state index in [2.05, 4.69) is 25.6 Å². The maximum Gasteiger partial charge on any atom is 0.244 e. The number of hydrogen-bond donors (Lipinski definition) is 2. The summed E-state index contributed by atoms with van der Waals surface area (Å²) in [6.07, 6.45) is 7.35. The Balaban J connectivity index is 1.41. The van der Waals surface area contributed by atoms with Gasteiger partial charge in [0.05, 0.1) is 22.9 Å². The number of para-hydroxylation sites is 2. The summed E-state index contributed by atoms with van der Waals surface area (Å²) in [6.45, 7) is 1.34. The molecule has 3 aromatic rings. The third-order valence-corrected chi connectivity index (χ3v) is 3.50. The third kappa shape index (κ3) is 5.10. The van der Waals surface area contributed by atoms with Crippen LogP contribution >= 0.6 is 0 Å². The number of benzene rings is 1. The zero-order valence-corrected chi connectivity index (χ0v) is 13.7. The van der Waals surface area contributed by atoms with Crippen LogP contribution in [0.4, 0.5) is 5.82 Å². The molecule has 126 valence electrons. The van der Waals surface area contributed by atoms with Gasteiger partial charge in [-0.15, -0.1) is 0 Å². The van der Waals surface area contributed by atoms with Gasteiger partial charge in [-0.3, -0.25) is 9.78 Å². The van der Waals surface area contributed by atoms with Crippen molar-refractivity contribution in [2.75, 3.05) is 18.4 Å². The average Bonchev–Trinajstić information content (AvgIpc) is 2.67. The first-order valence-electron chi connectivity index (χ1n) is 8.14. The van der Waals surface area contributed by atoms with E-state index in [9.17, 15) is 4.79 Å². The minimum Gasteiger partial charge on any atom is -0.370 e. The molecule has 25 heavy (non-hydrogen) atoms. The molecule has 6 heteroatoms. The van der Waals surface area contributed by atoms with Gasteiger partial charge < -0.3 is 10.6 Å². The van der Waals surface area contributed by atoms with Crippen molar-refractivity contribution < 1.29 is 4.79 Å². The van der Waals surface area contributed by atoms with E-state index >= 15 is 0 Å². The van der Waals surface area contributed by atoms with Crippen LogP contribution in [0.1, 0.15) is 12.1 Å². The third-order valence-electron chi connectivity index (χ3n) is 3.50. The Morgan fingerprint density at radius 3 is 2.68 bits per heavy atom. The van der Waals surface area contributed by atoms with E-state index in [0.717, 1.165) is 29.8 Å². The number of hydrogen-bond acceptors (Lipinski definition) is 5. The van der Waals surface area contributed by atoms with E-state index in [1.54, 1.807) is 18.5 Å². The highest BCUT2D eigenvalue weighted by atomic mass is 16.1. The lowest BCUT2D eigenvalue weighted by molar-refractivity contribution is -0.116. The van der Waals surface area contributed by atoms with Crippen molar-refractivity contribution in [1.29, 1.82) is 0 Å². The van der Waals surface area contributed by atoms with Gasteiger partial charge in [-0.1, -0.05) is 18.2 Å². The van der Waals surface area contributed by atoms with Crippen LogP contribution in [0, 0.1) is 0 Å². The van der Waals surface area contributed by atoms with Crippen molar-refractivity contribution in [3.63, 3.8) is 0 Å².